The minimum Gasteiger partial charge on any atom is -0.441 e. The largest absolute Gasteiger partial charge is 0.441 e. The van der Waals surface area contributed by atoms with Gasteiger partial charge in [-0.2, -0.15) is 0 Å². The summed E-state index contributed by atoms with van der Waals surface area (Å²) < 4.78 is 17.0. The lowest BCUT2D eigenvalue weighted by Crippen LogP contribution is -2.34. The van der Waals surface area contributed by atoms with E-state index in [1.807, 2.05) is 18.2 Å². The van der Waals surface area contributed by atoms with Crippen LogP contribution in [0.4, 0.5) is 0 Å². The second kappa shape index (κ2) is 17.7. The predicted molar refractivity (Wildman–Crippen MR) is 129 cm³/mol. The molecule has 0 aromatic heterocycles. The van der Waals surface area contributed by atoms with Crippen molar-refractivity contribution < 1.29 is 19.0 Å². The van der Waals surface area contributed by atoms with E-state index in [-0.39, 0.29) is 5.97 Å². The van der Waals surface area contributed by atoms with Crippen molar-refractivity contribution in [3.63, 3.8) is 0 Å². The SMILES string of the molecule is CCCCCCCCCCCC(=O)OC(Cl)C1=CCC(OC)(OCCCCCC)C=C1. The van der Waals surface area contributed by atoms with E-state index < -0.39 is 11.4 Å². The van der Waals surface area contributed by atoms with E-state index in [0.29, 0.717) is 19.4 Å². The number of ether oxygens (including phenoxy) is 3. The number of rotatable bonds is 19. The molecule has 0 aromatic carbocycles. The molecule has 0 aromatic rings. The fraction of sp³-hybridized carbons (Fsp3) is 0.808. The van der Waals surface area contributed by atoms with Crippen molar-refractivity contribution in [2.75, 3.05) is 13.7 Å². The highest BCUT2D eigenvalue weighted by molar-refractivity contribution is 6.22. The third kappa shape index (κ3) is 12.7. The van der Waals surface area contributed by atoms with E-state index in [0.717, 1.165) is 24.8 Å². The molecule has 0 spiro atoms. The van der Waals surface area contributed by atoms with Crippen molar-refractivity contribution in [2.24, 2.45) is 0 Å². The van der Waals surface area contributed by atoms with Gasteiger partial charge in [-0.25, -0.2) is 0 Å². The molecule has 0 bridgehead atoms. The van der Waals surface area contributed by atoms with Crippen LogP contribution in [0.5, 0.6) is 0 Å². The molecule has 2 unspecified atom stereocenters. The Morgan fingerprint density at radius 2 is 1.55 bits per heavy atom. The summed E-state index contributed by atoms with van der Waals surface area (Å²) in [7, 11) is 1.65. The van der Waals surface area contributed by atoms with Crippen molar-refractivity contribution in [3.8, 4) is 0 Å². The Balaban J connectivity index is 2.21. The Hall–Kier alpha value is -0.840. The lowest BCUT2D eigenvalue weighted by molar-refractivity contribution is -0.187. The van der Waals surface area contributed by atoms with Gasteiger partial charge in [0.15, 0.2) is 5.79 Å². The van der Waals surface area contributed by atoms with Crippen molar-refractivity contribution in [2.45, 2.75) is 122 Å². The molecule has 5 heteroatoms. The molecule has 31 heavy (non-hydrogen) atoms. The van der Waals surface area contributed by atoms with Crippen molar-refractivity contribution in [1.29, 1.82) is 0 Å². The van der Waals surface area contributed by atoms with Gasteiger partial charge in [-0.1, -0.05) is 108 Å². The molecule has 2 atom stereocenters. The van der Waals surface area contributed by atoms with E-state index >= 15 is 0 Å². The zero-order valence-corrected chi connectivity index (χ0v) is 20.9. The first-order valence-electron chi connectivity index (χ1n) is 12.5. The molecule has 1 aliphatic rings. The van der Waals surface area contributed by atoms with Gasteiger partial charge < -0.3 is 14.2 Å². The van der Waals surface area contributed by atoms with Gasteiger partial charge in [-0.3, -0.25) is 4.79 Å². The molecule has 0 N–H and O–H groups in total. The first-order valence-corrected chi connectivity index (χ1v) is 12.9. The van der Waals surface area contributed by atoms with Gasteiger partial charge in [0.2, 0.25) is 5.56 Å². The summed E-state index contributed by atoms with van der Waals surface area (Å²) in [6, 6.07) is 0. The topological polar surface area (TPSA) is 44.8 Å². The molecule has 0 aliphatic heterocycles. The number of carbonyl (C=O) groups is 1. The number of hydrogen-bond donors (Lipinski definition) is 0. The molecule has 0 saturated carbocycles. The number of methoxy groups -OCH3 is 1. The fourth-order valence-corrected chi connectivity index (χ4v) is 3.96. The molecule has 0 heterocycles. The Morgan fingerprint density at radius 3 is 2.10 bits per heavy atom. The van der Waals surface area contributed by atoms with Crippen molar-refractivity contribution >= 4 is 17.6 Å². The molecule has 180 valence electrons. The summed E-state index contributed by atoms with van der Waals surface area (Å²) in [5.41, 5.74) is 0.0195. The fourth-order valence-electron chi connectivity index (χ4n) is 3.70. The first-order chi connectivity index (χ1) is 15.1. The smallest absolute Gasteiger partial charge is 0.307 e. The molecule has 4 nitrogen and oxygen atoms in total. The molecule has 0 saturated heterocycles. The maximum absolute atomic E-state index is 12.1. The maximum atomic E-state index is 12.1. The number of alkyl halides is 1. The highest BCUT2D eigenvalue weighted by Gasteiger charge is 2.30. The molecule has 0 radical (unpaired) electrons. The quantitative estimate of drug-likeness (QED) is 0.0858. The van der Waals surface area contributed by atoms with E-state index in [9.17, 15) is 4.79 Å². The standard InChI is InChI=1S/C26H45ClO4/c1-4-6-8-10-11-12-13-14-15-17-24(28)31-25(27)23-18-20-26(29-3,21-19-23)30-22-16-9-7-5-2/h18-20,25H,4-17,21-22H2,1-3H3. The van der Waals surface area contributed by atoms with Crippen molar-refractivity contribution in [3.05, 3.63) is 23.8 Å². The minimum absolute atomic E-state index is 0.229. The number of hydrogen-bond acceptors (Lipinski definition) is 4. The Bertz CT molecular complexity index is 532. The molecule has 0 fully saturated rings. The maximum Gasteiger partial charge on any atom is 0.307 e. The number of esters is 1. The average molecular weight is 457 g/mol. The second-order valence-electron chi connectivity index (χ2n) is 8.55. The van der Waals surface area contributed by atoms with Crippen LogP contribution in [0.15, 0.2) is 23.8 Å². The van der Waals surface area contributed by atoms with Crippen LogP contribution in [-0.4, -0.2) is 31.0 Å². The van der Waals surface area contributed by atoms with Gasteiger partial charge in [0.25, 0.3) is 0 Å². The van der Waals surface area contributed by atoms with Crippen LogP contribution in [0.3, 0.4) is 0 Å². The lowest BCUT2D eigenvalue weighted by Gasteiger charge is -2.31. The zero-order valence-electron chi connectivity index (χ0n) is 20.1. The van der Waals surface area contributed by atoms with Crippen LogP contribution in [0, 0.1) is 0 Å². The number of carbonyl (C=O) groups excluding carboxylic acids is 1. The monoisotopic (exact) mass is 456 g/mol. The summed E-state index contributed by atoms with van der Waals surface area (Å²) in [6.45, 7) is 5.10. The number of unbranched alkanes of at least 4 members (excludes halogenated alkanes) is 11. The van der Waals surface area contributed by atoms with E-state index in [4.69, 9.17) is 25.8 Å². The van der Waals surface area contributed by atoms with Crippen LogP contribution in [-0.2, 0) is 19.0 Å². The van der Waals surface area contributed by atoms with Crippen LogP contribution in [0.25, 0.3) is 0 Å². The third-order valence-corrected chi connectivity index (χ3v) is 6.16. The van der Waals surface area contributed by atoms with E-state index in [2.05, 4.69) is 13.8 Å². The van der Waals surface area contributed by atoms with Crippen molar-refractivity contribution in [1.82, 2.24) is 0 Å². The van der Waals surface area contributed by atoms with Crippen LogP contribution in [0.2, 0.25) is 0 Å². The minimum atomic E-state index is -0.762. The predicted octanol–water partition coefficient (Wildman–Crippen LogP) is 7.84. The van der Waals surface area contributed by atoms with Gasteiger partial charge in [0, 0.05) is 25.5 Å². The highest BCUT2D eigenvalue weighted by Crippen LogP contribution is 2.29. The molecule has 0 amide bonds. The number of halogens is 1. The molecule has 1 rings (SSSR count). The van der Waals surface area contributed by atoms with Gasteiger partial charge in [-0.15, -0.1) is 0 Å². The van der Waals surface area contributed by atoms with Crippen LogP contribution < -0.4 is 0 Å². The Labute approximate surface area is 195 Å². The van der Waals surface area contributed by atoms with Gasteiger partial charge in [0.05, 0.1) is 6.61 Å². The molecular weight excluding hydrogens is 412 g/mol. The average Bonchev–Trinajstić information content (AvgIpc) is 2.78. The van der Waals surface area contributed by atoms with Crippen LogP contribution in [0.1, 0.15) is 110 Å². The summed E-state index contributed by atoms with van der Waals surface area (Å²) >= 11 is 6.33. The van der Waals surface area contributed by atoms with Gasteiger partial charge in [-0.05, 0) is 18.9 Å². The van der Waals surface area contributed by atoms with Gasteiger partial charge >= 0.3 is 5.97 Å². The van der Waals surface area contributed by atoms with Gasteiger partial charge in [0.1, 0.15) is 0 Å². The first kappa shape index (κ1) is 28.2. The third-order valence-electron chi connectivity index (χ3n) is 5.82. The zero-order chi connectivity index (χ0) is 22.8. The Morgan fingerprint density at radius 1 is 0.968 bits per heavy atom. The summed E-state index contributed by atoms with van der Waals surface area (Å²) in [6.07, 6.45) is 22.3. The highest BCUT2D eigenvalue weighted by atomic mass is 35.5. The Kier molecular flexibility index (Phi) is 16.1. The molecule has 1 aliphatic carbocycles. The normalized spacial score (nSPS) is 19.3. The summed E-state index contributed by atoms with van der Waals surface area (Å²) in [4.78, 5) is 12.1. The van der Waals surface area contributed by atoms with E-state index in [1.54, 1.807) is 7.11 Å². The summed E-state index contributed by atoms with van der Waals surface area (Å²) in [5.74, 6) is -0.972. The summed E-state index contributed by atoms with van der Waals surface area (Å²) in [5, 5.41) is 0. The second-order valence-corrected chi connectivity index (χ2v) is 8.95. The van der Waals surface area contributed by atoms with E-state index in [1.165, 1.54) is 64.2 Å². The van der Waals surface area contributed by atoms with Crippen LogP contribution >= 0.6 is 11.6 Å². The molecular formula is C26H45ClO4. The lowest BCUT2D eigenvalue weighted by atomic mass is 10.0.